The van der Waals surface area contributed by atoms with Gasteiger partial charge in [-0.25, -0.2) is 0 Å². The number of terminal acetylenes is 1. The van der Waals surface area contributed by atoms with Gasteiger partial charge in [0.2, 0.25) is 0 Å². The first-order valence-electron chi connectivity index (χ1n) is 16.5. The van der Waals surface area contributed by atoms with E-state index in [-0.39, 0.29) is 0 Å². The molecule has 4 aromatic carbocycles. The quantitative estimate of drug-likeness (QED) is 0.103. The standard InChI is InChI=1S/C31H35NS.C7H8.C3H8.C3H4/c1-22-9-11-25(12-10-22)23(2)7-6-8-30-24(3)21-31(30)28-15-13-26(14-16-28)27-17-19-29(20-18-27)33-32(4)5;1-7-5-3-2-4-6-7;2*1-3-2/h9-20,30-31H,2-3,6-8,21H2,1,4-5H3;2-6H,1H3;3H2,1-2H3;1H,2H3. The molecular weight excluding hydrogens is 575 g/mol. The Bertz CT molecular complexity index is 1470. The van der Waals surface area contributed by atoms with Gasteiger partial charge in [0.1, 0.15) is 0 Å². The van der Waals surface area contributed by atoms with Crippen LogP contribution in [0.5, 0.6) is 0 Å². The third-order valence-corrected chi connectivity index (χ3v) is 8.55. The summed E-state index contributed by atoms with van der Waals surface area (Å²) in [6.45, 7) is 18.8. The lowest BCUT2D eigenvalue weighted by Crippen LogP contribution is -2.26. The topological polar surface area (TPSA) is 3.24 Å². The van der Waals surface area contributed by atoms with E-state index in [1.54, 1.807) is 18.9 Å². The van der Waals surface area contributed by atoms with Crippen LogP contribution in [0.3, 0.4) is 0 Å². The van der Waals surface area contributed by atoms with Crippen LogP contribution in [-0.2, 0) is 0 Å². The molecule has 0 radical (unpaired) electrons. The molecule has 2 unspecified atom stereocenters. The van der Waals surface area contributed by atoms with E-state index in [1.165, 1.54) is 68.7 Å². The van der Waals surface area contributed by atoms with Gasteiger partial charge >= 0.3 is 0 Å². The van der Waals surface area contributed by atoms with Crippen LogP contribution in [0.2, 0.25) is 0 Å². The second-order valence-corrected chi connectivity index (χ2v) is 13.5. The molecule has 2 heteroatoms. The Labute approximate surface area is 286 Å². The van der Waals surface area contributed by atoms with Crippen LogP contribution in [0.15, 0.2) is 127 Å². The number of rotatable bonds is 9. The van der Waals surface area contributed by atoms with E-state index in [0.717, 1.165) is 12.8 Å². The minimum absolute atomic E-state index is 0.601. The van der Waals surface area contributed by atoms with Crippen LogP contribution in [0.25, 0.3) is 16.7 Å². The van der Waals surface area contributed by atoms with Gasteiger partial charge in [0.15, 0.2) is 0 Å². The van der Waals surface area contributed by atoms with Crippen molar-refractivity contribution in [2.75, 3.05) is 14.1 Å². The maximum Gasteiger partial charge on any atom is 0.0230 e. The van der Waals surface area contributed by atoms with Gasteiger partial charge in [-0.05, 0) is 124 Å². The Balaban J connectivity index is 0.000000477. The van der Waals surface area contributed by atoms with Gasteiger partial charge in [-0.2, -0.15) is 0 Å². The summed E-state index contributed by atoms with van der Waals surface area (Å²) in [5.41, 5.74) is 10.6. The van der Waals surface area contributed by atoms with Crippen LogP contribution in [-0.4, -0.2) is 18.4 Å². The molecule has 4 aromatic rings. The maximum atomic E-state index is 4.60. The molecule has 1 saturated carbocycles. The van der Waals surface area contributed by atoms with Gasteiger partial charge in [0.05, 0.1) is 0 Å². The highest BCUT2D eigenvalue weighted by molar-refractivity contribution is 7.97. The van der Waals surface area contributed by atoms with Crippen molar-refractivity contribution in [1.29, 1.82) is 0 Å². The normalized spacial score (nSPS) is 14.6. The van der Waals surface area contributed by atoms with Crippen LogP contribution >= 0.6 is 11.9 Å². The zero-order valence-corrected chi connectivity index (χ0v) is 30.2. The molecule has 0 heterocycles. The number of nitrogens with zero attached hydrogens (tertiary/aromatic N) is 1. The average molecular weight is 630 g/mol. The second kappa shape index (κ2) is 21.1. The molecule has 1 aliphatic rings. The van der Waals surface area contributed by atoms with E-state index in [0.29, 0.717) is 11.8 Å². The molecule has 1 nitrogen and oxygen atoms in total. The molecule has 1 aliphatic carbocycles. The fourth-order valence-corrected chi connectivity index (χ4v) is 5.98. The molecule has 0 aromatic heterocycles. The fourth-order valence-electron chi connectivity index (χ4n) is 5.30. The van der Waals surface area contributed by atoms with Gasteiger partial charge in [-0.3, -0.25) is 4.31 Å². The van der Waals surface area contributed by atoms with E-state index < -0.39 is 0 Å². The zero-order chi connectivity index (χ0) is 33.9. The van der Waals surface area contributed by atoms with Gasteiger partial charge in [-0.15, -0.1) is 12.3 Å². The number of hydrogen-bond acceptors (Lipinski definition) is 2. The third-order valence-electron chi connectivity index (χ3n) is 7.70. The second-order valence-electron chi connectivity index (χ2n) is 12.1. The first-order valence-corrected chi connectivity index (χ1v) is 17.3. The highest BCUT2D eigenvalue weighted by Gasteiger charge is 2.34. The van der Waals surface area contributed by atoms with Gasteiger partial charge in [-0.1, -0.05) is 141 Å². The fraction of sp³-hybridized carbons (Fsp3) is 0.318. The summed E-state index contributed by atoms with van der Waals surface area (Å²) >= 11 is 1.75. The van der Waals surface area contributed by atoms with Crippen molar-refractivity contribution in [3.8, 4) is 23.5 Å². The smallest absolute Gasteiger partial charge is 0.0230 e. The van der Waals surface area contributed by atoms with Crippen molar-refractivity contribution >= 4 is 17.5 Å². The number of allylic oxidation sites excluding steroid dienone is 2. The van der Waals surface area contributed by atoms with Gasteiger partial charge < -0.3 is 0 Å². The minimum Gasteiger partial charge on any atom is -0.253 e. The molecule has 0 saturated heterocycles. The molecule has 2 atom stereocenters. The maximum absolute atomic E-state index is 4.60. The van der Waals surface area contributed by atoms with Crippen molar-refractivity contribution < 1.29 is 0 Å². The predicted molar refractivity (Wildman–Crippen MR) is 207 cm³/mol. The first kappa shape index (κ1) is 38.4. The Morgan fingerprint density at radius 1 is 0.826 bits per heavy atom. The molecule has 46 heavy (non-hydrogen) atoms. The minimum atomic E-state index is 0.601. The van der Waals surface area contributed by atoms with Crippen LogP contribution < -0.4 is 0 Å². The predicted octanol–water partition coefficient (Wildman–Crippen LogP) is 12.8. The SMILES string of the molecule is C#CC.C=C(CCCC1C(=C)CC1c1ccc(-c2ccc(SN(C)C)cc2)cc1)c1ccc(C)cc1.CCC.Cc1ccccc1. The van der Waals surface area contributed by atoms with Crippen LogP contribution in [0.4, 0.5) is 0 Å². The van der Waals surface area contributed by atoms with E-state index in [1.807, 2.05) is 18.2 Å². The lowest BCUT2D eigenvalue weighted by molar-refractivity contribution is 0.342. The molecule has 5 rings (SSSR count). The Hall–Kier alpha value is -3.77. The van der Waals surface area contributed by atoms with Crippen molar-refractivity contribution in [3.63, 3.8) is 0 Å². The highest BCUT2D eigenvalue weighted by atomic mass is 32.2. The molecule has 0 N–H and O–H groups in total. The Morgan fingerprint density at radius 3 is 1.78 bits per heavy atom. The van der Waals surface area contributed by atoms with Gasteiger partial charge in [0.25, 0.3) is 0 Å². The summed E-state index contributed by atoms with van der Waals surface area (Å²) in [6.07, 6.45) is 10.4. The van der Waals surface area contributed by atoms with Gasteiger partial charge in [0, 0.05) is 4.90 Å². The lowest BCUT2D eigenvalue weighted by Gasteiger charge is -2.40. The van der Waals surface area contributed by atoms with Crippen molar-refractivity contribution in [1.82, 2.24) is 4.31 Å². The molecule has 0 bridgehead atoms. The third kappa shape index (κ3) is 13.3. The Morgan fingerprint density at radius 2 is 1.33 bits per heavy atom. The summed E-state index contributed by atoms with van der Waals surface area (Å²) in [5, 5.41) is 0. The van der Waals surface area contributed by atoms with Crippen molar-refractivity contribution in [2.45, 2.75) is 77.5 Å². The first-order chi connectivity index (χ1) is 22.1. The summed E-state index contributed by atoms with van der Waals surface area (Å²) in [5.74, 6) is 3.46. The number of hydrogen-bond donors (Lipinski definition) is 0. The zero-order valence-electron chi connectivity index (χ0n) is 29.4. The largest absolute Gasteiger partial charge is 0.253 e. The molecule has 0 amide bonds. The van der Waals surface area contributed by atoms with Crippen LogP contribution in [0.1, 0.15) is 81.0 Å². The summed E-state index contributed by atoms with van der Waals surface area (Å²) in [4.78, 5) is 1.27. The van der Waals surface area contributed by atoms with E-state index in [2.05, 4.69) is 157 Å². The molecule has 242 valence electrons. The molecule has 0 spiro atoms. The van der Waals surface area contributed by atoms with E-state index in [9.17, 15) is 0 Å². The monoisotopic (exact) mass is 629 g/mol. The molecule has 0 aliphatic heterocycles. The summed E-state index contributed by atoms with van der Waals surface area (Å²) < 4.78 is 2.12. The van der Waals surface area contributed by atoms with Crippen LogP contribution in [0, 0.1) is 32.1 Å². The molecular formula is C44H55NS. The summed E-state index contributed by atoms with van der Waals surface area (Å²) in [7, 11) is 4.14. The average Bonchev–Trinajstić information content (AvgIpc) is 3.04. The lowest BCUT2D eigenvalue weighted by atomic mass is 9.64. The van der Waals surface area contributed by atoms with E-state index in [4.69, 9.17) is 0 Å². The summed E-state index contributed by atoms with van der Waals surface area (Å²) in [6, 6.07) is 37.0. The van der Waals surface area contributed by atoms with Crippen molar-refractivity contribution in [3.05, 3.63) is 144 Å². The number of aryl methyl sites for hydroxylation is 2. The number of benzene rings is 4. The van der Waals surface area contributed by atoms with E-state index >= 15 is 0 Å². The Kier molecular flexibility index (Phi) is 17.6. The van der Waals surface area contributed by atoms with Crippen molar-refractivity contribution in [2.24, 2.45) is 5.92 Å². The highest BCUT2D eigenvalue weighted by Crippen LogP contribution is 2.49. The molecule has 1 fully saturated rings.